The molecule has 0 N–H and O–H groups in total. The van der Waals surface area contributed by atoms with Crippen molar-refractivity contribution in [1.29, 1.82) is 0 Å². The average Bonchev–Trinajstić information content (AvgIpc) is 3.84. The molecule has 4 aromatic carbocycles. The molecule has 4 heterocycles. The lowest BCUT2D eigenvalue weighted by molar-refractivity contribution is 0.391. The normalized spacial score (nSPS) is 22.9. The van der Waals surface area contributed by atoms with Gasteiger partial charge in [-0.25, -0.2) is 0 Å². The second kappa shape index (κ2) is 9.07. The lowest BCUT2D eigenvalue weighted by Gasteiger charge is -2.30. The first-order valence-electron chi connectivity index (χ1n) is 15.5. The maximum Gasteiger partial charge on any atom is 0.238 e. The zero-order valence-corrected chi connectivity index (χ0v) is 24.0. The molecule has 6 aromatic rings. The maximum atomic E-state index is 6.43. The highest BCUT2D eigenvalue weighted by Crippen LogP contribution is 2.52. The molecule has 4 aliphatic rings. The topological polar surface area (TPSA) is 47.6 Å². The minimum absolute atomic E-state index is 0.228. The molecule has 6 heteroatoms. The van der Waals surface area contributed by atoms with Crippen molar-refractivity contribution in [2.45, 2.75) is 36.6 Å². The van der Waals surface area contributed by atoms with Crippen molar-refractivity contribution in [3.63, 3.8) is 0 Å². The largest absolute Gasteiger partial charge is 0.461 e. The van der Waals surface area contributed by atoms with Crippen LogP contribution >= 0.6 is 0 Å². The number of aromatic nitrogens is 4. The standard InChI is InChI=1S/C38H29N5O/c1-3-12-32-28(10-1)29-11-2-4-13-33(29)41(32)26-9-7-8-24(20-26)25-16-18-36-30(21-25)31-22-27(17-19-37(31)44-36)42-34-14-5-6-15-35(34)43-38(42)39-23-40-43/h1-15,17-20,22-23,25,28,30,32H,16,21H2. The fourth-order valence-electron chi connectivity index (χ4n) is 8.00. The second-order valence-corrected chi connectivity index (χ2v) is 12.3. The Kier molecular flexibility index (Phi) is 4.97. The Bertz CT molecular complexity index is 2220. The van der Waals surface area contributed by atoms with Crippen molar-refractivity contribution in [3.05, 3.63) is 150 Å². The molecule has 10 rings (SSSR count). The molecule has 0 amide bonds. The van der Waals surface area contributed by atoms with E-state index in [1.54, 1.807) is 6.33 Å². The minimum atomic E-state index is 0.228. The minimum Gasteiger partial charge on any atom is -0.461 e. The van der Waals surface area contributed by atoms with Crippen LogP contribution < -0.4 is 9.64 Å². The number of imidazole rings is 1. The van der Waals surface area contributed by atoms with E-state index in [0.29, 0.717) is 17.9 Å². The molecular formula is C38H29N5O. The predicted molar refractivity (Wildman–Crippen MR) is 173 cm³/mol. The first kappa shape index (κ1) is 24.1. The Morgan fingerprint density at radius 1 is 0.773 bits per heavy atom. The van der Waals surface area contributed by atoms with Gasteiger partial charge in [0.15, 0.2) is 0 Å². The molecule has 44 heavy (non-hydrogen) atoms. The van der Waals surface area contributed by atoms with Gasteiger partial charge in [0.1, 0.15) is 17.8 Å². The molecule has 0 saturated heterocycles. The number of benzene rings is 4. The lowest BCUT2D eigenvalue weighted by atomic mass is 9.79. The Hall–Kier alpha value is -5.36. The molecule has 2 aromatic heterocycles. The van der Waals surface area contributed by atoms with Gasteiger partial charge in [0, 0.05) is 34.5 Å². The molecule has 4 atom stereocenters. The van der Waals surface area contributed by atoms with Gasteiger partial charge in [-0.15, -0.1) is 0 Å². The van der Waals surface area contributed by atoms with Crippen LogP contribution in [0.3, 0.4) is 0 Å². The van der Waals surface area contributed by atoms with Crippen molar-refractivity contribution in [1.82, 2.24) is 19.2 Å². The van der Waals surface area contributed by atoms with Gasteiger partial charge in [-0.3, -0.25) is 4.57 Å². The fraction of sp³-hybridized carbons (Fsp3) is 0.158. The lowest BCUT2D eigenvalue weighted by Crippen LogP contribution is -2.28. The number of allylic oxidation sites excluding steroid dienone is 4. The van der Waals surface area contributed by atoms with Crippen molar-refractivity contribution in [2.24, 2.45) is 0 Å². The summed E-state index contributed by atoms with van der Waals surface area (Å²) >= 11 is 0. The molecular weight excluding hydrogens is 542 g/mol. The zero-order valence-electron chi connectivity index (χ0n) is 24.0. The third kappa shape index (κ3) is 3.36. The molecule has 0 saturated carbocycles. The van der Waals surface area contributed by atoms with Gasteiger partial charge in [0.25, 0.3) is 0 Å². The summed E-state index contributed by atoms with van der Waals surface area (Å²) in [7, 11) is 0. The number of ether oxygens (including phenoxy) is 1. The summed E-state index contributed by atoms with van der Waals surface area (Å²) < 4.78 is 10.5. The molecule has 4 unspecified atom stereocenters. The molecule has 0 radical (unpaired) electrons. The first-order chi connectivity index (χ1) is 21.8. The van der Waals surface area contributed by atoms with Crippen molar-refractivity contribution < 1.29 is 4.74 Å². The summed E-state index contributed by atoms with van der Waals surface area (Å²) in [4.78, 5) is 7.13. The van der Waals surface area contributed by atoms with Gasteiger partial charge in [-0.1, -0.05) is 66.8 Å². The summed E-state index contributed by atoms with van der Waals surface area (Å²) in [5, 5.41) is 4.49. The van der Waals surface area contributed by atoms with Crippen molar-refractivity contribution in [2.75, 3.05) is 4.90 Å². The molecule has 0 bridgehead atoms. The quantitative estimate of drug-likeness (QED) is 0.214. The maximum absolute atomic E-state index is 6.43. The Morgan fingerprint density at radius 3 is 2.64 bits per heavy atom. The summed E-state index contributed by atoms with van der Waals surface area (Å²) in [5.41, 5.74) is 9.83. The van der Waals surface area contributed by atoms with Crippen LogP contribution in [0.5, 0.6) is 5.75 Å². The average molecular weight is 572 g/mol. The number of fused-ring (bicyclic) bond motifs is 9. The first-order valence-corrected chi connectivity index (χ1v) is 15.5. The SMILES string of the molecule is C1=CC2c3ccccc3N(c3cccc(C4CC=C5Oc6ccc(-n7c8ccccc8n8ncnc78)cc6C5C4)c3)C2C=C1. The number of para-hydroxylation sites is 3. The molecule has 2 aliphatic heterocycles. The van der Waals surface area contributed by atoms with Crippen molar-refractivity contribution in [3.8, 4) is 11.4 Å². The van der Waals surface area contributed by atoms with Crippen LogP contribution in [0.4, 0.5) is 11.4 Å². The third-order valence-corrected chi connectivity index (χ3v) is 9.98. The Morgan fingerprint density at radius 2 is 1.66 bits per heavy atom. The Balaban J connectivity index is 1.00. The number of hydrogen-bond donors (Lipinski definition) is 0. The van der Waals surface area contributed by atoms with Crippen LogP contribution in [0.1, 0.15) is 47.3 Å². The summed E-state index contributed by atoms with van der Waals surface area (Å²) in [6, 6.07) is 33.3. The highest BCUT2D eigenvalue weighted by atomic mass is 16.5. The molecule has 212 valence electrons. The van der Waals surface area contributed by atoms with E-state index in [9.17, 15) is 0 Å². The van der Waals surface area contributed by atoms with Crippen LogP contribution in [-0.4, -0.2) is 25.2 Å². The molecule has 0 fully saturated rings. The van der Waals surface area contributed by atoms with Crippen LogP contribution in [0.15, 0.2) is 133 Å². The van der Waals surface area contributed by atoms with Gasteiger partial charge >= 0.3 is 0 Å². The highest BCUT2D eigenvalue weighted by molar-refractivity contribution is 5.83. The van der Waals surface area contributed by atoms with Crippen LogP contribution in [-0.2, 0) is 0 Å². The smallest absolute Gasteiger partial charge is 0.238 e. The van der Waals surface area contributed by atoms with Gasteiger partial charge in [-0.2, -0.15) is 14.6 Å². The monoisotopic (exact) mass is 571 g/mol. The summed E-state index contributed by atoms with van der Waals surface area (Å²) in [5.74, 6) is 3.89. The number of anilines is 2. The van der Waals surface area contributed by atoms with E-state index in [1.165, 1.54) is 28.1 Å². The van der Waals surface area contributed by atoms with E-state index in [2.05, 4.69) is 135 Å². The van der Waals surface area contributed by atoms with Crippen LogP contribution in [0.2, 0.25) is 0 Å². The van der Waals surface area contributed by atoms with E-state index in [-0.39, 0.29) is 5.92 Å². The van der Waals surface area contributed by atoms with Gasteiger partial charge < -0.3 is 9.64 Å². The number of nitrogens with zero attached hydrogens (tertiary/aromatic N) is 5. The number of hydrogen-bond acceptors (Lipinski definition) is 4. The van der Waals surface area contributed by atoms with Crippen molar-refractivity contribution >= 4 is 28.2 Å². The molecule has 0 spiro atoms. The Labute approximate surface area is 254 Å². The molecule has 2 aliphatic carbocycles. The van der Waals surface area contributed by atoms with E-state index >= 15 is 0 Å². The zero-order chi connectivity index (χ0) is 28.8. The van der Waals surface area contributed by atoms with Crippen LogP contribution in [0, 0.1) is 0 Å². The fourth-order valence-corrected chi connectivity index (χ4v) is 8.00. The van der Waals surface area contributed by atoms with E-state index in [1.807, 2.05) is 10.6 Å². The van der Waals surface area contributed by atoms with Gasteiger partial charge in [0.05, 0.1) is 17.1 Å². The summed E-state index contributed by atoms with van der Waals surface area (Å²) in [6.07, 6.45) is 15.0. The predicted octanol–water partition coefficient (Wildman–Crippen LogP) is 8.34. The van der Waals surface area contributed by atoms with E-state index < -0.39 is 0 Å². The van der Waals surface area contributed by atoms with Crippen LogP contribution in [0.25, 0.3) is 22.5 Å². The second-order valence-electron chi connectivity index (χ2n) is 12.3. The van der Waals surface area contributed by atoms with Gasteiger partial charge in [0.2, 0.25) is 5.78 Å². The third-order valence-electron chi connectivity index (χ3n) is 9.98. The molecule has 6 nitrogen and oxygen atoms in total. The summed E-state index contributed by atoms with van der Waals surface area (Å²) in [6.45, 7) is 0. The van der Waals surface area contributed by atoms with Gasteiger partial charge in [-0.05, 0) is 84.5 Å². The highest BCUT2D eigenvalue weighted by Gasteiger charge is 2.38. The van der Waals surface area contributed by atoms with E-state index in [0.717, 1.165) is 46.8 Å². The van der Waals surface area contributed by atoms with E-state index in [4.69, 9.17) is 4.74 Å². The number of rotatable bonds is 3.